The standard InChI is InChI=1S/C14H19F2N/c1-10(2)6-14(8-17-9-14)7-11-4-3-5-12(15)13(11)16/h3-5,10,17H,6-9H2,1-2H3. The van der Waals surface area contributed by atoms with Gasteiger partial charge in [0.1, 0.15) is 0 Å². The number of hydrogen-bond donors (Lipinski definition) is 1. The first kappa shape index (κ1) is 12.5. The molecule has 0 aromatic heterocycles. The second-order valence-corrected chi connectivity index (χ2v) is 5.59. The predicted molar refractivity (Wildman–Crippen MR) is 64.8 cm³/mol. The van der Waals surface area contributed by atoms with Gasteiger partial charge in [-0.05, 0) is 35.8 Å². The maximum absolute atomic E-state index is 13.6. The largest absolute Gasteiger partial charge is 0.316 e. The average Bonchev–Trinajstić information content (AvgIpc) is 2.21. The summed E-state index contributed by atoms with van der Waals surface area (Å²) in [7, 11) is 0. The van der Waals surface area contributed by atoms with Gasteiger partial charge in [0, 0.05) is 13.1 Å². The Balaban J connectivity index is 2.16. The molecule has 1 heterocycles. The average molecular weight is 239 g/mol. The second-order valence-electron chi connectivity index (χ2n) is 5.59. The van der Waals surface area contributed by atoms with E-state index < -0.39 is 11.6 Å². The lowest BCUT2D eigenvalue weighted by atomic mass is 9.71. The Labute approximate surface area is 101 Å². The fourth-order valence-corrected chi connectivity index (χ4v) is 2.78. The molecule has 94 valence electrons. The van der Waals surface area contributed by atoms with Gasteiger partial charge in [0.2, 0.25) is 0 Å². The van der Waals surface area contributed by atoms with Crippen molar-refractivity contribution in [3.8, 4) is 0 Å². The summed E-state index contributed by atoms with van der Waals surface area (Å²) >= 11 is 0. The lowest BCUT2D eigenvalue weighted by Gasteiger charge is -2.44. The van der Waals surface area contributed by atoms with Crippen LogP contribution in [-0.4, -0.2) is 13.1 Å². The summed E-state index contributed by atoms with van der Waals surface area (Å²) in [5.41, 5.74) is 0.621. The Kier molecular flexibility index (Phi) is 3.48. The molecule has 0 amide bonds. The van der Waals surface area contributed by atoms with Gasteiger partial charge in [-0.2, -0.15) is 0 Å². The van der Waals surface area contributed by atoms with Crippen LogP contribution in [0.5, 0.6) is 0 Å². The summed E-state index contributed by atoms with van der Waals surface area (Å²) in [6.07, 6.45) is 1.68. The van der Waals surface area contributed by atoms with Gasteiger partial charge in [0.05, 0.1) is 0 Å². The van der Waals surface area contributed by atoms with E-state index in [4.69, 9.17) is 0 Å². The Hall–Kier alpha value is -0.960. The molecule has 0 aliphatic carbocycles. The van der Waals surface area contributed by atoms with Crippen LogP contribution in [-0.2, 0) is 6.42 Å². The molecule has 1 aromatic carbocycles. The van der Waals surface area contributed by atoms with E-state index in [0.29, 0.717) is 17.9 Å². The van der Waals surface area contributed by atoms with Crippen molar-refractivity contribution in [3.05, 3.63) is 35.4 Å². The van der Waals surface area contributed by atoms with E-state index in [1.54, 1.807) is 12.1 Å². The molecule has 17 heavy (non-hydrogen) atoms. The van der Waals surface area contributed by atoms with E-state index >= 15 is 0 Å². The van der Waals surface area contributed by atoms with Crippen LogP contribution in [0.15, 0.2) is 18.2 Å². The third-order valence-corrected chi connectivity index (χ3v) is 3.44. The van der Waals surface area contributed by atoms with Crippen LogP contribution >= 0.6 is 0 Å². The quantitative estimate of drug-likeness (QED) is 0.851. The molecule has 1 fully saturated rings. The Morgan fingerprint density at radius 1 is 1.29 bits per heavy atom. The fraction of sp³-hybridized carbons (Fsp3) is 0.571. The van der Waals surface area contributed by atoms with E-state index in [1.807, 2.05) is 0 Å². The highest BCUT2D eigenvalue weighted by atomic mass is 19.2. The molecule has 1 N–H and O–H groups in total. The summed E-state index contributed by atoms with van der Waals surface area (Å²) in [5, 5.41) is 3.25. The van der Waals surface area contributed by atoms with E-state index in [9.17, 15) is 8.78 Å². The van der Waals surface area contributed by atoms with Crippen LogP contribution in [0, 0.1) is 23.0 Å². The monoisotopic (exact) mass is 239 g/mol. The van der Waals surface area contributed by atoms with Crippen molar-refractivity contribution in [1.29, 1.82) is 0 Å². The molecule has 2 rings (SSSR count). The van der Waals surface area contributed by atoms with Gasteiger partial charge in [-0.1, -0.05) is 26.0 Å². The van der Waals surface area contributed by atoms with Gasteiger partial charge in [-0.25, -0.2) is 8.78 Å². The third kappa shape index (κ3) is 2.65. The van der Waals surface area contributed by atoms with Crippen molar-refractivity contribution in [2.75, 3.05) is 13.1 Å². The fourth-order valence-electron chi connectivity index (χ4n) is 2.78. The normalized spacial score (nSPS) is 18.2. The van der Waals surface area contributed by atoms with Crippen molar-refractivity contribution in [3.63, 3.8) is 0 Å². The Bertz CT molecular complexity index is 397. The maximum Gasteiger partial charge on any atom is 0.162 e. The molecule has 1 nitrogen and oxygen atoms in total. The Morgan fingerprint density at radius 2 is 2.00 bits per heavy atom. The molecule has 1 saturated heterocycles. The SMILES string of the molecule is CC(C)CC1(Cc2cccc(F)c2F)CNC1. The molecule has 1 aliphatic heterocycles. The molecular formula is C14H19F2N. The molecule has 0 saturated carbocycles. The molecule has 0 atom stereocenters. The van der Waals surface area contributed by atoms with Gasteiger partial charge in [-0.3, -0.25) is 0 Å². The van der Waals surface area contributed by atoms with Crippen LogP contribution < -0.4 is 5.32 Å². The predicted octanol–water partition coefficient (Wildman–Crippen LogP) is 3.14. The van der Waals surface area contributed by atoms with E-state index in [0.717, 1.165) is 19.5 Å². The number of benzene rings is 1. The smallest absolute Gasteiger partial charge is 0.162 e. The number of halogens is 2. The van der Waals surface area contributed by atoms with E-state index in [1.165, 1.54) is 6.07 Å². The lowest BCUT2D eigenvalue weighted by molar-refractivity contribution is 0.129. The minimum absolute atomic E-state index is 0.114. The van der Waals surface area contributed by atoms with Crippen LogP contribution in [0.25, 0.3) is 0 Å². The van der Waals surface area contributed by atoms with Crippen LogP contribution in [0.3, 0.4) is 0 Å². The van der Waals surface area contributed by atoms with Gasteiger partial charge in [-0.15, -0.1) is 0 Å². The zero-order valence-corrected chi connectivity index (χ0v) is 10.4. The maximum atomic E-state index is 13.6. The summed E-state index contributed by atoms with van der Waals surface area (Å²) in [4.78, 5) is 0. The number of nitrogens with one attached hydrogen (secondary N) is 1. The number of rotatable bonds is 4. The summed E-state index contributed by atoms with van der Waals surface area (Å²) in [5.74, 6) is -0.842. The number of hydrogen-bond acceptors (Lipinski definition) is 1. The highest BCUT2D eigenvalue weighted by molar-refractivity contribution is 5.21. The molecule has 0 spiro atoms. The van der Waals surface area contributed by atoms with Crippen LogP contribution in [0.1, 0.15) is 25.8 Å². The molecular weight excluding hydrogens is 220 g/mol. The van der Waals surface area contributed by atoms with Crippen LogP contribution in [0.4, 0.5) is 8.78 Å². The minimum atomic E-state index is -0.741. The first-order valence-corrected chi connectivity index (χ1v) is 6.16. The zero-order chi connectivity index (χ0) is 12.5. The van der Waals surface area contributed by atoms with Crippen molar-refractivity contribution in [1.82, 2.24) is 5.32 Å². The second kappa shape index (κ2) is 4.73. The molecule has 0 radical (unpaired) electrons. The first-order chi connectivity index (χ1) is 8.02. The summed E-state index contributed by atoms with van der Waals surface area (Å²) < 4.78 is 26.8. The molecule has 0 unspecified atom stereocenters. The molecule has 1 aromatic rings. The van der Waals surface area contributed by atoms with Crippen molar-refractivity contribution >= 4 is 0 Å². The zero-order valence-electron chi connectivity index (χ0n) is 10.4. The highest BCUT2D eigenvalue weighted by Gasteiger charge is 2.38. The third-order valence-electron chi connectivity index (χ3n) is 3.44. The first-order valence-electron chi connectivity index (χ1n) is 6.16. The van der Waals surface area contributed by atoms with Gasteiger partial charge in [0.25, 0.3) is 0 Å². The molecule has 0 bridgehead atoms. The lowest BCUT2D eigenvalue weighted by Crippen LogP contribution is -2.55. The summed E-state index contributed by atoms with van der Waals surface area (Å²) in [6.45, 7) is 6.15. The van der Waals surface area contributed by atoms with E-state index in [2.05, 4.69) is 19.2 Å². The minimum Gasteiger partial charge on any atom is -0.316 e. The van der Waals surface area contributed by atoms with Crippen molar-refractivity contribution < 1.29 is 8.78 Å². The highest BCUT2D eigenvalue weighted by Crippen LogP contribution is 2.35. The molecule has 3 heteroatoms. The van der Waals surface area contributed by atoms with Gasteiger partial charge >= 0.3 is 0 Å². The van der Waals surface area contributed by atoms with Gasteiger partial charge < -0.3 is 5.32 Å². The van der Waals surface area contributed by atoms with Crippen LogP contribution in [0.2, 0.25) is 0 Å². The topological polar surface area (TPSA) is 12.0 Å². The molecule has 1 aliphatic rings. The van der Waals surface area contributed by atoms with Crippen molar-refractivity contribution in [2.45, 2.75) is 26.7 Å². The van der Waals surface area contributed by atoms with E-state index in [-0.39, 0.29) is 5.41 Å². The van der Waals surface area contributed by atoms with Crippen molar-refractivity contribution in [2.24, 2.45) is 11.3 Å². The summed E-state index contributed by atoms with van der Waals surface area (Å²) in [6, 6.07) is 4.45. The Morgan fingerprint density at radius 3 is 2.53 bits per heavy atom. The van der Waals surface area contributed by atoms with Gasteiger partial charge in [0.15, 0.2) is 11.6 Å².